The van der Waals surface area contributed by atoms with E-state index in [-0.39, 0.29) is 23.6 Å². The summed E-state index contributed by atoms with van der Waals surface area (Å²) in [6.45, 7) is 3.46. The van der Waals surface area contributed by atoms with E-state index >= 15 is 0 Å². The lowest BCUT2D eigenvalue weighted by atomic mass is 9.89. The molecule has 1 aliphatic heterocycles. The van der Waals surface area contributed by atoms with Crippen molar-refractivity contribution < 1.29 is 14.0 Å². The van der Waals surface area contributed by atoms with Gasteiger partial charge in [0.2, 0.25) is 5.91 Å². The Kier molecular flexibility index (Phi) is 4.13. The molecular formula is C20H22FN3O2. The van der Waals surface area contributed by atoms with Gasteiger partial charge in [0.15, 0.2) is 0 Å². The molecule has 2 N–H and O–H groups in total. The molecule has 1 saturated heterocycles. The number of carbonyl (C=O) groups excluding carboxylic acids is 2. The molecule has 0 bridgehead atoms. The molecule has 1 aliphatic carbocycles. The minimum atomic E-state index is -0.552. The molecule has 136 valence electrons. The number of nitrogens with zero attached hydrogens (tertiary/aromatic N) is 2. The second kappa shape index (κ2) is 6.34. The van der Waals surface area contributed by atoms with Crippen LogP contribution in [0.4, 0.5) is 4.39 Å². The van der Waals surface area contributed by atoms with Gasteiger partial charge in [-0.1, -0.05) is 6.92 Å². The number of nitrogens with two attached hydrogens (primary N) is 1. The number of amides is 2. The summed E-state index contributed by atoms with van der Waals surface area (Å²) in [6, 6.07) is 5.97. The number of hydrogen-bond acceptors (Lipinski definition) is 3. The number of hydrogen-bond donors (Lipinski definition) is 1. The van der Waals surface area contributed by atoms with Gasteiger partial charge in [0, 0.05) is 30.3 Å². The summed E-state index contributed by atoms with van der Waals surface area (Å²) in [5.41, 5.74) is 7.22. The van der Waals surface area contributed by atoms with Crippen molar-refractivity contribution in [1.82, 2.24) is 9.88 Å². The highest BCUT2D eigenvalue weighted by atomic mass is 19.1. The number of primary amides is 1. The molecule has 2 amide bonds. The topological polar surface area (TPSA) is 76.3 Å². The Bertz CT molecular complexity index is 890. The third kappa shape index (κ3) is 3.04. The zero-order valence-corrected chi connectivity index (χ0v) is 14.7. The van der Waals surface area contributed by atoms with E-state index in [0.29, 0.717) is 41.2 Å². The molecule has 0 radical (unpaired) electrons. The van der Waals surface area contributed by atoms with E-state index in [4.69, 9.17) is 5.73 Å². The Hall–Kier alpha value is -2.50. The molecule has 4 rings (SSSR count). The molecule has 2 heterocycles. The van der Waals surface area contributed by atoms with Crippen molar-refractivity contribution in [3.05, 3.63) is 41.3 Å². The van der Waals surface area contributed by atoms with Crippen molar-refractivity contribution in [3.8, 4) is 0 Å². The number of likely N-dealkylation sites (tertiary alicyclic amines) is 1. The predicted molar refractivity (Wildman–Crippen MR) is 96.0 cm³/mol. The maximum absolute atomic E-state index is 13.5. The van der Waals surface area contributed by atoms with Crippen LogP contribution in [0.5, 0.6) is 0 Å². The highest BCUT2D eigenvalue weighted by Gasteiger charge is 2.42. The van der Waals surface area contributed by atoms with E-state index in [0.717, 1.165) is 19.3 Å². The molecule has 1 aromatic carbocycles. The summed E-state index contributed by atoms with van der Waals surface area (Å²) in [4.78, 5) is 30.9. The third-order valence-electron chi connectivity index (χ3n) is 5.69. The summed E-state index contributed by atoms with van der Waals surface area (Å²) in [7, 11) is 0. The second-order valence-corrected chi connectivity index (χ2v) is 7.54. The number of carbonyl (C=O) groups is 2. The van der Waals surface area contributed by atoms with Crippen LogP contribution in [-0.4, -0.2) is 34.8 Å². The van der Waals surface area contributed by atoms with Gasteiger partial charge in [-0.15, -0.1) is 0 Å². The Morgan fingerprint density at radius 2 is 1.92 bits per heavy atom. The second-order valence-electron chi connectivity index (χ2n) is 7.54. The number of aromatic nitrogens is 1. The summed E-state index contributed by atoms with van der Waals surface area (Å²) in [5, 5.41) is 0.567. The molecule has 1 aromatic heterocycles. The van der Waals surface area contributed by atoms with Crippen molar-refractivity contribution in [1.29, 1.82) is 0 Å². The molecule has 2 atom stereocenters. The fraction of sp³-hybridized carbons (Fsp3) is 0.450. The van der Waals surface area contributed by atoms with Gasteiger partial charge in [0.05, 0.1) is 16.8 Å². The Morgan fingerprint density at radius 3 is 2.54 bits per heavy atom. The monoisotopic (exact) mass is 355 g/mol. The Labute approximate surface area is 151 Å². The first-order valence-corrected chi connectivity index (χ1v) is 9.13. The van der Waals surface area contributed by atoms with Gasteiger partial charge in [0.25, 0.3) is 5.91 Å². The van der Waals surface area contributed by atoms with Gasteiger partial charge in [-0.05, 0) is 49.4 Å². The standard InChI is InChI=1S/C20H22FN3O2/c1-11-8-15(11)20(26)24-6-4-12(5-7-24)18-16(19(22)25)10-13-9-14(21)2-3-17(13)23-18/h2-3,9-12,15H,4-8H2,1H3,(H2,22,25)/t11-,15-/m1/s1. The fourth-order valence-corrected chi connectivity index (χ4v) is 3.94. The predicted octanol–water partition coefficient (Wildman–Crippen LogP) is 2.83. The van der Waals surface area contributed by atoms with Gasteiger partial charge in [-0.2, -0.15) is 0 Å². The lowest BCUT2D eigenvalue weighted by molar-refractivity contribution is -0.133. The van der Waals surface area contributed by atoms with Gasteiger partial charge < -0.3 is 10.6 Å². The largest absolute Gasteiger partial charge is 0.366 e. The van der Waals surface area contributed by atoms with Crippen molar-refractivity contribution in [2.24, 2.45) is 17.6 Å². The first-order valence-electron chi connectivity index (χ1n) is 9.13. The number of pyridine rings is 1. The molecule has 0 unspecified atom stereocenters. The lowest BCUT2D eigenvalue weighted by Gasteiger charge is -2.32. The highest BCUT2D eigenvalue weighted by Crippen LogP contribution is 2.40. The van der Waals surface area contributed by atoms with Crippen LogP contribution in [0.1, 0.15) is 48.2 Å². The van der Waals surface area contributed by atoms with E-state index in [9.17, 15) is 14.0 Å². The fourth-order valence-electron chi connectivity index (χ4n) is 3.94. The summed E-state index contributed by atoms with van der Waals surface area (Å²) in [5.74, 6) is 0.110. The summed E-state index contributed by atoms with van der Waals surface area (Å²) >= 11 is 0. The molecule has 1 saturated carbocycles. The van der Waals surface area contributed by atoms with Crippen LogP contribution in [0.15, 0.2) is 24.3 Å². The van der Waals surface area contributed by atoms with E-state index in [1.165, 1.54) is 12.1 Å². The van der Waals surface area contributed by atoms with E-state index in [1.54, 1.807) is 12.1 Å². The van der Waals surface area contributed by atoms with Crippen LogP contribution < -0.4 is 5.73 Å². The number of rotatable bonds is 3. The van der Waals surface area contributed by atoms with Gasteiger partial charge >= 0.3 is 0 Å². The smallest absolute Gasteiger partial charge is 0.250 e. The summed E-state index contributed by atoms with van der Waals surface area (Å²) in [6.07, 6.45) is 2.51. The molecule has 2 aliphatic rings. The molecule has 0 spiro atoms. The SMILES string of the molecule is C[C@@H]1C[C@H]1C(=O)N1CCC(c2nc3ccc(F)cc3cc2C(N)=O)CC1. The highest BCUT2D eigenvalue weighted by molar-refractivity contribution is 5.97. The van der Waals surface area contributed by atoms with Crippen LogP contribution in [-0.2, 0) is 4.79 Å². The first-order chi connectivity index (χ1) is 12.4. The number of halogens is 1. The Balaban J connectivity index is 1.58. The van der Waals surface area contributed by atoms with Crippen LogP contribution in [0.25, 0.3) is 10.9 Å². The van der Waals surface area contributed by atoms with Crippen molar-refractivity contribution in [3.63, 3.8) is 0 Å². The molecule has 5 nitrogen and oxygen atoms in total. The van der Waals surface area contributed by atoms with Crippen LogP contribution in [0.2, 0.25) is 0 Å². The molecule has 26 heavy (non-hydrogen) atoms. The number of benzene rings is 1. The quantitative estimate of drug-likeness (QED) is 0.920. The zero-order chi connectivity index (χ0) is 18.4. The van der Waals surface area contributed by atoms with Crippen molar-refractivity contribution in [2.45, 2.75) is 32.1 Å². The van der Waals surface area contributed by atoms with Crippen LogP contribution >= 0.6 is 0 Å². The third-order valence-corrected chi connectivity index (χ3v) is 5.69. The van der Waals surface area contributed by atoms with Gasteiger partial charge in [0.1, 0.15) is 5.82 Å². The van der Waals surface area contributed by atoms with Crippen molar-refractivity contribution in [2.75, 3.05) is 13.1 Å². The Morgan fingerprint density at radius 1 is 1.23 bits per heavy atom. The number of fused-ring (bicyclic) bond motifs is 1. The van der Waals surface area contributed by atoms with Crippen LogP contribution in [0.3, 0.4) is 0 Å². The number of piperidine rings is 1. The maximum Gasteiger partial charge on any atom is 0.250 e. The van der Waals surface area contributed by atoms with Crippen molar-refractivity contribution >= 4 is 22.7 Å². The van der Waals surface area contributed by atoms with Gasteiger partial charge in [-0.3, -0.25) is 14.6 Å². The minimum Gasteiger partial charge on any atom is -0.366 e. The first kappa shape index (κ1) is 16.9. The average Bonchev–Trinajstić information content (AvgIpc) is 3.36. The van der Waals surface area contributed by atoms with Crippen LogP contribution in [0, 0.1) is 17.7 Å². The maximum atomic E-state index is 13.5. The molecular weight excluding hydrogens is 333 g/mol. The average molecular weight is 355 g/mol. The van der Waals surface area contributed by atoms with E-state index < -0.39 is 5.91 Å². The minimum absolute atomic E-state index is 0.0765. The van der Waals surface area contributed by atoms with E-state index in [1.807, 2.05) is 4.90 Å². The molecule has 2 aromatic rings. The molecule has 2 fully saturated rings. The molecule has 6 heteroatoms. The normalized spacial score (nSPS) is 23.2. The zero-order valence-electron chi connectivity index (χ0n) is 14.7. The van der Waals surface area contributed by atoms with Gasteiger partial charge in [-0.25, -0.2) is 4.39 Å². The lowest BCUT2D eigenvalue weighted by Crippen LogP contribution is -2.39. The van der Waals surface area contributed by atoms with E-state index in [2.05, 4.69) is 11.9 Å². The summed E-state index contributed by atoms with van der Waals surface area (Å²) < 4.78 is 13.5.